The van der Waals surface area contributed by atoms with Crippen LogP contribution in [0.15, 0.2) is 54.7 Å². The van der Waals surface area contributed by atoms with Crippen LogP contribution in [0.25, 0.3) is 16.5 Å². The maximum absolute atomic E-state index is 13.1. The molecule has 3 aromatic rings. The number of amides is 1. The molecule has 148 valence electrons. The number of benzene rings is 2. The Kier molecular flexibility index (Phi) is 4.38. The van der Waals surface area contributed by atoms with Crippen LogP contribution in [0.2, 0.25) is 0 Å². The van der Waals surface area contributed by atoms with E-state index in [-0.39, 0.29) is 23.6 Å². The van der Waals surface area contributed by atoms with Crippen LogP contribution in [-0.2, 0) is 4.79 Å². The van der Waals surface area contributed by atoms with Gasteiger partial charge in [-0.15, -0.1) is 0 Å². The molecule has 1 saturated carbocycles. The molecule has 1 N–H and O–H groups in total. The number of fused-ring (bicyclic) bond motifs is 1. The fourth-order valence-electron chi connectivity index (χ4n) is 4.39. The van der Waals surface area contributed by atoms with Crippen LogP contribution in [0.5, 0.6) is 5.75 Å². The predicted octanol–water partition coefficient (Wildman–Crippen LogP) is 4.74. The van der Waals surface area contributed by atoms with Crippen molar-refractivity contribution in [3.63, 3.8) is 0 Å². The first-order valence-electron chi connectivity index (χ1n) is 10.0. The second kappa shape index (κ2) is 7.07. The number of hydrogen-bond donors (Lipinski definition) is 1. The maximum Gasteiger partial charge on any atom is 0.226 e. The van der Waals surface area contributed by atoms with Gasteiger partial charge in [0.2, 0.25) is 5.91 Å². The van der Waals surface area contributed by atoms with Crippen molar-refractivity contribution in [2.45, 2.75) is 18.8 Å². The van der Waals surface area contributed by atoms with Crippen LogP contribution in [0.4, 0.5) is 4.39 Å². The molecule has 5 rings (SSSR count). The average molecular weight is 390 g/mol. The third-order valence-corrected chi connectivity index (χ3v) is 6.16. The lowest BCUT2D eigenvalue weighted by molar-refractivity contribution is -0.132. The minimum absolute atomic E-state index is 0.0350. The van der Waals surface area contributed by atoms with E-state index in [1.165, 1.54) is 23.3 Å². The zero-order chi connectivity index (χ0) is 20.0. The second-order valence-electron chi connectivity index (χ2n) is 7.88. The molecule has 0 saturated heterocycles. The molecule has 2 heterocycles. The van der Waals surface area contributed by atoms with Gasteiger partial charge >= 0.3 is 0 Å². The number of ether oxygens (including phenoxy) is 1. The molecule has 0 radical (unpaired) electrons. The summed E-state index contributed by atoms with van der Waals surface area (Å²) in [4.78, 5) is 18.2. The molecule has 29 heavy (non-hydrogen) atoms. The van der Waals surface area contributed by atoms with E-state index in [9.17, 15) is 9.18 Å². The van der Waals surface area contributed by atoms with Crippen molar-refractivity contribution >= 4 is 22.4 Å². The number of hydrogen-bond acceptors (Lipinski definition) is 2. The molecular weight excluding hydrogens is 367 g/mol. The van der Waals surface area contributed by atoms with Gasteiger partial charge < -0.3 is 14.6 Å². The monoisotopic (exact) mass is 390 g/mol. The van der Waals surface area contributed by atoms with E-state index >= 15 is 0 Å². The number of nitrogens with one attached hydrogen (secondary N) is 1. The molecule has 2 atom stereocenters. The normalized spacial score (nSPS) is 21.2. The molecule has 2 aromatic carbocycles. The molecule has 1 amide bonds. The molecule has 1 fully saturated rings. The smallest absolute Gasteiger partial charge is 0.226 e. The maximum atomic E-state index is 13.1. The topological polar surface area (TPSA) is 45.3 Å². The summed E-state index contributed by atoms with van der Waals surface area (Å²) in [6, 6.07) is 12.6. The highest BCUT2D eigenvalue weighted by molar-refractivity contribution is 5.94. The molecule has 1 aliphatic heterocycles. The van der Waals surface area contributed by atoms with Crippen molar-refractivity contribution in [3.05, 3.63) is 71.7 Å². The standard InChI is InChI=1S/C24H23FN2O2/c1-29-18-6-7-23-20(12-18)22(14-26-23)16-8-10-27(11-9-16)24(28)21-13-19(21)15-2-4-17(25)5-3-15/h2-8,12,14,19,21,26H,9-11,13H2,1H3/t19-,21-/m1/s1. The van der Waals surface area contributed by atoms with Crippen LogP contribution in [0.3, 0.4) is 0 Å². The first-order valence-corrected chi connectivity index (χ1v) is 10.0. The summed E-state index contributed by atoms with van der Waals surface area (Å²) >= 11 is 0. The van der Waals surface area contributed by atoms with Crippen molar-refractivity contribution in [2.24, 2.45) is 5.92 Å². The highest BCUT2D eigenvalue weighted by Crippen LogP contribution is 2.48. The lowest BCUT2D eigenvalue weighted by atomic mass is 9.98. The Balaban J connectivity index is 1.29. The van der Waals surface area contributed by atoms with E-state index in [1.807, 2.05) is 23.2 Å². The van der Waals surface area contributed by atoms with Gasteiger partial charge in [-0.25, -0.2) is 4.39 Å². The molecule has 0 unspecified atom stereocenters. The molecule has 0 spiro atoms. The van der Waals surface area contributed by atoms with Gasteiger partial charge in [0.15, 0.2) is 0 Å². The van der Waals surface area contributed by atoms with E-state index in [4.69, 9.17) is 4.74 Å². The summed E-state index contributed by atoms with van der Waals surface area (Å²) in [5.41, 5.74) is 4.59. The molecule has 1 aromatic heterocycles. The van der Waals surface area contributed by atoms with Crippen molar-refractivity contribution in [1.82, 2.24) is 9.88 Å². The zero-order valence-electron chi connectivity index (χ0n) is 16.3. The Labute approximate surface area is 169 Å². The number of halogens is 1. The Morgan fingerprint density at radius 2 is 2.03 bits per heavy atom. The van der Waals surface area contributed by atoms with Crippen molar-refractivity contribution in [1.29, 1.82) is 0 Å². The van der Waals surface area contributed by atoms with Crippen LogP contribution in [0, 0.1) is 11.7 Å². The van der Waals surface area contributed by atoms with Crippen LogP contribution >= 0.6 is 0 Å². The number of carbonyl (C=O) groups is 1. The highest BCUT2D eigenvalue weighted by Gasteiger charge is 2.45. The number of carbonyl (C=O) groups excluding carboxylic acids is 1. The average Bonchev–Trinajstić information content (AvgIpc) is 3.45. The first-order chi connectivity index (χ1) is 14.1. The minimum atomic E-state index is -0.235. The fraction of sp³-hybridized carbons (Fsp3) is 0.292. The van der Waals surface area contributed by atoms with Gasteiger partial charge in [0.1, 0.15) is 11.6 Å². The summed E-state index contributed by atoms with van der Waals surface area (Å²) in [5, 5.41) is 1.15. The fourth-order valence-corrected chi connectivity index (χ4v) is 4.39. The molecular formula is C24H23FN2O2. The van der Waals surface area contributed by atoms with Crippen LogP contribution in [0.1, 0.15) is 29.9 Å². The summed E-state index contributed by atoms with van der Waals surface area (Å²) in [7, 11) is 1.67. The first kappa shape index (κ1) is 18.0. The third kappa shape index (κ3) is 3.31. The zero-order valence-corrected chi connectivity index (χ0v) is 16.3. The van der Waals surface area contributed by atoms with E-state index in [0.717, 1.165) is 41.6 Å². The van der Waals surface area contributed by atoms with Crippen LogP contribution < -0.4 is 4.74 Å². The summed E-state index contributed by atoms with van der Waals surface area (Å²) < 4.78 is 18.5. The highest BCUT2D eigenvalue weighted by atomic mass is 19.1. The second-order valence-corrected chi connectivity index (χ2v) is 7.88. The Hall–Kier alpha value is -3.08. The lowest BCUT2D eigenvalue weighted by Gasteiger charge is -2.27. The SMILES string of the molecule is COc1ccc2[nH]cc(C3=CCN(C(=O)[C@@H]4C[C@@H]4c4ccc(F)cc4)CC3)c2c1. The quantitative estimate of drug-likeness (QED) is 0.700. The molecule has 2 aliphatic rings. The van der Waals surface area contributed by atoms with E-state index in [0.29, 0.717) is 6.54 Å². The number of aromatic nitrogens is 1. The number of rotatable bonds is 4. The van der Waals surface area contributed by atoms with Gasteiger partial charge in [0.25, 0.3) is 0 Å². The van der Waals surface area contributed by atoms with Crippen molar-refractivity contribution in [2.75, 3.05) is 20.2 Å². The molecule has 4 nitrogen and oxygen atoms in total. The summed E-state index contributed by atoms with van der Waals surface area (Å²) in [5.74, 6) is 1.09. The number of H-pyrrole nitrogens is 1. The number of nitrogens with zero attached hydrogens (tertiary/aromatic N) is 1. The van der Waals surface area contributed by atoms with Gasteiger partial charge in [-0.05, 0) is 60.2 Å². The van der Waals surface area contributed by atoms with Gasteiger partial charge in [-0.3, -0.25) is 4.79 Å². The number of aromatic amines is 1. The lowest BCUT2D eigenvalue weighted by Crippen LogP contribution is -2.36. The third-order valence-electron chi connectivity index (χ3n) is 6.16. The van der Waals surface area contributed by atoms with Crippen molar-refractivity contribution in [3.8, 4) is 5.75 Å². The Morgan fingerprint density at radius 1 is 1.21 bits per heavy atom. The Bertz CT molecular complexity index is 1100. The van der Waals surface area contributed by atoms with Crippen molar-refractivity contribution < 1.29 is 13.9 Å². The van der Waals surface area contributed by atoms with E-state index in [1.54, 1.807) is 19.2 Å². The number of methoxy groups -OCH3 is 1. The summed E-state index contributed by atoms with van der Waals surface area (Å²) in [6.45, 7) is 1.37. The van der Waals surface area contributed by atoms with Gasteiger partial charge in [-0.1, -0.05) is 18.2 Å². The van der Waals surface area contributed by atoms with Gasteiger partial charge in [0.05, 0.1) is 7.11 Å². The van der Waals surface area contributed by atoms with E-state index < -0.39 is 0 Å². The van der Waals surface area contributed by atoms with E-state index in [2.05, 4.69) is 17.1 Å². The molecule has 1 aliphatic carbocycles. The summed E-state index contributed by atoms with van der Waals surface area (Å²) in [6.07, 6.45) is 5.90. The predicted molar refractivity (Wildman–Crippen MR) is 111 cm³/mol. The van der Waals surface area contributed by atoms with Gasteiger partial charge in [0, 0.05) is 41.7 Å². The van der Waals surface area contributed by atoms with Gasteiger partial charge in [-0.2, -0.15) is 0 Å². The molecule has 5 heteroatoms. The van der Waals surface area contributed by atoms with Crippen LogP contribution in [-0.4, -0.2) is 36.0 Å². The largest absolute Gasteiger partial charge is 0.497 e. The Morgan fingerprint density at radius 3 is 2.76 bits per heavy atom. The minimum Gasteiger partial charge on any atom is -0.497 e. The molecule has 0 bridgehead atoms.